The Labute approximate surface area is 146 Å². The largest absolute Gasteiger partial charge is 0.469 e. The zero-order chi connectivity index (χ0) is 18.4. The van der Waals surface area contributed by atoms with Gasteiger partial charge < -0.3 is 20.3 Å². The molecular weight excluding hydrogens is 324 g/mol. The molecule has 1 aromatic rings. The number of amidine groups is 1. The molecule has 134 valence electrons. The van der Waals surface area contributed by atoms with Crippen LogP contribution in [-0.4, -0.2) is 66.7 Å². The van der Waals surface area contributed by atoms with Crippen molar-refractivity contribution in [3.05, 3.63) is 35.4 Å². The number of nitrogen functional groups attached to an aromatic ring is 1. The summed E-state index contributed by atoms with van der Waals surface area (Å²) in [6.07, 6.45) is 0.800. The number of rotatable bonds is 8. The van der Waals surface area contributed by atoms with Crippen LogP contribution in [0.25, 0.3) is 0 Å². The zero-order valence-corrected chi connectivity index (χ0v) is 14.2. The SMILES string of the molecule is COC(=O)CCCN1CCN(CC(=O)c2ccc(C(=N)N)cc2)C1=O. The van der Waals surface area contributed by atoms with Gasteiger partial charge in [0, 0.05) is 37.2 Å². The van der Waals surface area contributed by atoms with Gasteiger partial charge in [-0.15, -0.1) is 0 Å². The van der Waals surface area contributed by atoms with E-state index in [4.69, 9.17) is 11.1 Å². The summed E-state index contributed by atoms with van der Waals surface area (Å²) in [6.45, 7) is 1.49. The van der Waals surface area contributed by atoms with Crippen LogP contribution < -0.4 is 5.73 Å². The summed E-state index contributed by atoms with van der Waals surface area (Å²) in [5.41, 5.74) is 6.40. The molecular formula is C17H22N4O4. The molecule has 0 atom stereocenters. The topological polar surface area (TPSA) is 117 Å². The molecule has 0 aliphatic carbocycles. The number of ether oxygens (including phenoxy) is 1. The molecule has 25 heavy (non-hydrogen) atoms. The van der Waals surface area contributed by atoms with Crippen LogP contribution in [0.3, 0.4) is 0 Å². The summed E-state index contributed by atoms with van der Waals surface area (Å²) in [5.74, 6) is -0.524. The van der Waals surface area contributed by atoms with E-state index in [-0.39, 0.29) is 36.6 Å². The second kappa shape index (κ2) is 8.27. The fourth-order valence-electron chi connectivity index (χ4n) is 2.60. The lowest BCUT2D eigenvalue weighted by Gasteiger charge is -2.18. The van der Waals surface area contributed by atoms with E-state index in [1.807, 2.05) is 0 Å². The second-order valence-electron chi connectivity index (χ2n) is 5.79. The van der Waals surface area contributed by atoms with E-state index in [0.717, 1.165) is 0 Å². The summed E-state index contributed by atoms with van der Waals surface area (Å²) in [5, 5.41) is 7.34. The van der Waals surface area contributed by atoms with Crippen molar-refractivity contribution in [2.24, 2.45) is 5.73 Å². The molecule has 1 aliphatic heterocycles. The van der Waals surface area contributed by atoms with Gasteiger partial charge in [0.2, 0.25) is 0 Å². The number of nitrogens with zero attached hydrogens (tertiary/aromatic N) is 2. The first-order valence-corrected chi connectivity index (χ1v) is 8.00. The first-order valence-electron chi connectivity index (χ1n) is 8.00. The number of nitrogens with one attached hydrogen (secondary N) is 1. The highest BCUT2D eigenvalue weighted by atomic mass is 16.5. The maximum Gasteiger partial charge on any atom is 0.320 e. The molecule has 1 fully saturated rings. The van der Waals surface area contributed by atoms with Crippen LogP contribution in [0.4, 0.5) is 4.79 Å². The van der Waals surface area contributed by atoms with Crippen LogP contribution in [0.1, 0.15) is 28.8 Å². The predicted octanol–water partition coefficient (Wildman–Crippen LogP) is 0.844. The minimum atomic E-state index is -0.298. The molecule has 8 nitrogen and oxygen atoms in total. The number of amides is 2. The molecule has 1 aromatic carbocycles. The van der Waals surface area contributed by atoms with Crippen molar-refractivity contribution in [2.45, 2.75) is 12.8 Å². The summed E-state index contributed by atoms with van der Waals surface area (Å²) in [7, 11) is 1.33. The molecule has 2 rings (SSSR count). The zero-order valence-electron chi connectivity index (χ0n) is 14.2. The highest BCUT2D eigenvalue weighted by molar-refractivity contribution is 6.01. The maximum absolute atomic E-state index is 12.3. The Morgan fingerprint density at radius 3 is 2.36 bits per heavy atom. The molecule has 3 N–H and O–H groups in total. The van der Waals surface area contributed by atoms with Crippen LogP contribution in [0.15, 0.2) is 24.3 Å². The van der Waals surface area contributed by atoms with Gasteiger partial charge in [0.25, 0.3) is 0 Å². The molecule has 0 saturated carbocycles. The summed E-state index contributed by atoms with van der Waals surface area (Å²) >= 11 is 0. The number of hydrogen-bond donors (Lipinski definition) is 2. The Hall–Kier alpha value is -2.90. The fourth-order valence-corrected chi connectivity index (χ4v) is 2.60. The Balaban J connectivity index is 1.86. The molecule has 0 aromatic heterocycles. The quantitative estimate of drug-likeness (QED) is 0.313. The van der Waals surface area contributed by atoms with Crippen molar-refractivity contribution in [1.82, 2.24) is 9.80 Å². The van der Waals surface area contributed by atoms with Crippen LogP contribution >= 0.6 is 0 Å². The highest BCUT2D eigenvalue weighted by Gasteiger charge is 2.29. The van der Waals surface area contributed by atoms with Gasteiger partial charge in [0.15, 0.2) is 5.78 Å². The number of hydrogen-bond acceptors (Lipinski definition) is 5. The predicted molar refractivity (Wildman–Crippen MR) is 91.6 cm³/mol. The Morgan fingerprint density at radius 2 is 1.76 bits per heavy atom. The van der Waals surface area contributed by atoms with Gasteiger partial charge in [-0.05, 0) is 6.42 Å². The Bertz CT molecular complexity index is 672. The number of carbonyl (C=O) groups is 3. The number of ketones is 1. The smallest absolute Gasteiger partial charge is 0.320 e. The van der Waals surface area contributed by atoms with E-state index in [1.165, 1.54) is 12.0 Å². The summed E-state index contributed by atoms with van der Waals surface area (Å²) in [6, 6.07) is 6.24. The number of benzene rings is 1. The third-order valence-electron chi connectivity index (χ3n) is 4.07. The van der Waals surface area contributed by atoms with Gasteiger partial charge in [-0.2, -0.15) is 0 Å². The van der Waals surface area contributed by atoms with Crippen molar-refractivity contribution < 1.29 is 19.1 Å². The Kier molecular flexibility index (Phi) is 6.10. The lowest BCUT2D eigenvalue weighted by molar-refractivity contribution is -0.140. The summed E-state index contributed by atoms with van der Waals surface area (Å²) in [4.78, 5) is 38.8. The van der Waals surface area contributed by atoms with Gasteiger partial charge >= 0.3 is 12.0 Å². The fraction of sp³-hybridized carbons (Fsp3) is 0.412. The molecule has 1 saturated heterocycles. The minimum Gasteiger partial charge on any atom is -0.469 e. The third kappa shape index (κ3) is 4.79. The van der Waals surface area contributed by atoms with Crippen LogP contribution in [0.2, 0.25) is 0 Å². The maximum atomic E-state index is 12.3. The molecule has 0 unspecified atom stereocenters. The Morgan fingerprint density at radius 1 is 1.16 bits per heavy atom. The van der Waals surface area contributed by atoms with E-state index in [1.54, 1.807) is 29.2 Å². The van der Waals surface area contributed by atoms with Gasteiger partial charge in [0.05, 0.1) is 13.7 Å². The van der Waals surface area contributed by atoms with Gasteiger partial charge in [-0.1, -0.05) is 24.3 Å². The molecule has 8 heteroatoms. The molecule has 0 radical (unpaired) electrons. The highest BCUT2D eigenvalue weighted by Crippen LogP contribution is 2.12. The normalized spacial score (nSPS) is 13.9. The number of methoxy groups -OCH3 is 1. The lowest BCUT2D eigenvalue weighted by Crippen LogP contribution is -2.35. The van der Waals surface area contributed by atoms with Crippen LogP contribution in [0, 0.1) is 5.41 Å². The average Bonchev–Trinajstić information content (AvgIpc) is 2.95. The van der Waals surface area contributed by atoms with Crippen LogP contribution in [0.5, 0.6) is 0 Å². The number of carbonyl (C=O) groups excluding carboxylic acids is 3. The first-order chi connectivity index (χ1) is 11.9. The van der Waals surface area contributed by atoms with Crippen molar-refractivity contribution in [3.63, 3.8) is 0 Å². The van der Waals surface area contributed by atoms with Gasteiger partial charge in [-0.3, -0.25) is 15.0 Å². The molecule has 0 spiro atoms. The van der Waals surface area contributed by atoms with E-state index in [0.29, 0.717) is 37.2 Å². The van der Waals surface area contributed by atoms with Gasteiger partial charge in [-0.25, -0.2) is 4.79 Å². The number of esters is 1. The molecule has 1 aliphatic rings. The third-order valence-corrected chi connectivity index (χ3v) is 4.07. The van der Waals surface area contributed by atoms with Crippen molar-refractivity contribution in [1.29, 1.82) is 5.41 Å². The standard InChI is InChI=1S/C17H22N4O4/c1-25-15(23)3-2-8-20-9-10-21(17(20)24)11-14(22)12-4-6-13(7-5-12)16(18)19/h4-7H,2-3,8-11H2,1H3,(H3,18,19). The average molecular weight is 346 g/mol. The van der Waals surface area contributed by atoms with E-state index in [2.05, 4.69) is 4.74 Å². The summed E-state index contributed by atoms with van der Waals surface area (Å²) < 4.78 is 4.57. The molecule has 1 heterocycles. The minimum absolute atomic E-state index is 0.00571. The second-order valence-corrected chi connectivity index (χ2v) is 5.79. The van der Waals surface area contributed by atoms with Crippen LogP contribution in [-0.2, 0) is 9.53 Å². The van der Waals surface area contributed by atoms with Crippen molar-refractivity contribution >= 4 is 23.6 Å². The van der Waals surface area contributed by atoms with E-state index >= 15 is 0 Å². The van der Waals surface area contributed by atoms with Crippen molar-refractivity contribution in [2.75, 3.05) is 33.3 Å². The molecule has 2 amide bonds. The molecule has 0 bridgehead atoms. The lowest BCUT2D eigenvalue weighted by atomic mass is 10.1. The number of nitrogens with two attached hydrogens (primary N) is 1. The van der Waals surface area contributed by atoms with Crippen molar-refractivity contribution in [3.8, 4) is 0 Å². The first kappa shape index (κ1) is 18.4. The monoisotopic (exact) mass is 346 g/mol. The van der Waals surface area contributed by atoms with E-state index < -0.39 is 0 Å². The van der Waals surface area contributed by atoms with E-state index in [9.17, 15) is 14.4 Å². The van der Waals surface area contributed by atoms with Gasteiger partial charge in [0.1, 0.15) is 5.84 Å². The number of urea groups is 1. The number of Topliss-reactive ketones (excluding diaryl/α,β-unsaturated/α-hetero) is 1.